The quantitative estimate of drug-likeness (QED) is 0.598. The molecule has 3 rings (SSSR count). The van der Waals surface area contributed by atoms with Crippen molar-refractivity contribution in [2.24, 2.45) is 0 Å². The number of aromatic nitrogens is 3. The molecule has 1 aromatic heterocycles. The molecule has 0 aliphatic carbocycles. The molecule has 0 aliphatic rings. The number of carbonyl (C=O) groups excluding carboxylic acids is 1. The van der Waals surface area contributed by atoms with Crippen LogP contribution in [0.4, 0.5) is 0 Å². The van der Waals surface area contributed by atoms with Gasteiger partial charge in [0.25, 0.3) is 0 Å². The van der Waals surface area contributed by atoms with Gasteiger partial charge in [0.15, 0.2) is 0 Å². The maximum atomic E-state index is 12.5. The third kappa shape index (κ3) is 5.20. The molecule has 2 N–H and O–H groups in total. The smallest absolute Gasteiger partial charge is 0.230 e. The van der Waals surface area contributed by atoms with Crippen LogP contribution in [0.1, 0.15) is 29.9 Å². The summed E-state index contributed by atoms with van der Waals surface area (Å²) in [5.74, 6) is 1.10. The number of nitrogens with zero attached hydrogens (tertiary/aromatic N) is 2. The normalized spacial score (nSPS) is 11.9. The Bertz CT molecular complexity index is 820. The lowest BCUT2D eigenvalue weighted by molar-refractivity contribution is -0.119. The van der Waals surface area contributed by atoms with Gasteiger partial charge in [0, 0.05) is 6.42 Å². The molecule has 0 bridgehead atoms. The molecule has 1 amide bonds. The SMILES string of the molecule is CCc1nc(SCC(=O)NC(Cc2ccccc2)c2ccccc2)n[nH]1. The number of aromatic amines is 1. The zero-order chi connectivity index (χ0) is 18.2. The van der Waals surface area contributed by atoms with Gasteiger partial charge >= 0.3 is 0 Å². The van der Waals surface area contributed by atoms with E-state index in [4.69, 9.17) is 0 Å². The monoisotopic (exact) mass is 366 g/mol. The molecule has 5 nitrogen and oxygen atoms in total. The van der Waals surface area contributed by atoms with E-state index in [1.165, 1.54) is 17.3 Å². The van der Waals surface area contributed by atoms with E-state index in [0.717, 1.165) is 24.2 Å². The van der Waals surface area contributed by atoms with E-state index in [2.05, 4.69) is 32.6 Å². The van der Waals surface area contributed by atoms with Crippen molar-refractivity contribution in [3.63, 3.8) is 0 Å². The molecule has 1 atom stereocenters. The first kappa shape index (κ1) is 18.2. The lowest BCUT2D eigenvalue weighted by Crippen LogP contribution is -2.31. The van der Waals surface area contributed by atoms with Gasteiger partial charge in [-0.25, -0.2) is 4.98 Å². The molecule has 0 fully saturated rings. The highest BCUT2D eigenvalue weighted by Crippen LogP contribution is 2.19. The van der Waals surface area contributed by atoms with Crippen LogP contribution in [0.5, 0.6) is 0 Å². The van der Waals surface area contributed by atoms with Crippen LogP contribution in [0, 0.1) is 0 Å². The summed E-state index contributed by atoms with van der Waals surface area (Å²) in [4.78, 5) is 16.8. The molecule has 0 radical (unpaired) electrons. The highest BCUT2D eigenvalue weighted by Gasteiger charge is 2.16. The van der Waals surface area contributed by atoms with Crippen molar-refractivity contribution in [1.29, 1.82) is 0 Å². The molecular weight excluding hydrogens is 344 g/mol. The van der Waals surface area contributed by atoms with Gasteiger partial charge in [-0.1, -0.05) is 79.3 Å². The Balaban J connectivity index is 1.63. The number of hydrogen-bond donors (Lipinski definition) is 2. The standard InChI is InChI=1S/C20H22N4OS/c1-2-18-22-20(24-23-18)26-14-19(25)21-17(16-11-7-4-8-12-16)13-15-9-5-3-6-10-15/h3-12,17H,2,13-14H2,1H3,(H,21,25)(H,22,23,24). The Morgan fingerprint density at radius 1 is 1.12 bits per heavy atom. The third-order valence-electron chi connectivity index (χ3n) is 4.00. The van der Waals surface area contributed by atoms with Gasteiger partial charge in [0.05, 0.1) is 11.8 Å². The lowest BCUT2D eigenvalue weighted by atomic mass is 9.99. The fraction of sp³-hybridized carbons (Fsp3) is 0.250. The van der Waals surface area contributed by atoms with E-state index in [-0.39, 0.29) is 11.9 Å². The largest absolute Gasteiger partial charge is 0.348 e. The van der Waals surface area contributed by atoms with E-state index in [1.807, 2.05) is 55.5 Å². The molecule has 0 saturated carbocycles. The number of benzene rings is 2. The summed E-state index contributed by atoms with van der Waals surface area (Å²) in [6.45, 7) is 2.01. The second-order valence-electron chi connectivity index (χ2n) is 5.93. The first-order chi connectivity index (χ1) is 12.7. The zero-order valence-electron chi connectivity index (χ0n) is 14.7. The Morgan fingerprint density at radius 2 is 1.81 bits per heavy atom. The highest BCUT2D eigenvalue weighted by molar-refractivity contribution is 7.99. The summed E-state index contributed by atoms with van der Waals surface area (Å²) < 4.78 is 0. The highest BCUT2D eigenvalue weighted by atomic mass is 32.2. The number of amides is 1. The fourth-order valence-electron chi connectivity index (χ4n) is 2.65. The molecule has 6 heteroatoms. The zero-order valence-corrected chi connectivity index (χ0v) is 15.5. The van der Waals surface area contributed by atoms with Crippen LogP contribution < -0.4 is 5.32 Å². The van der Waals surface area contributed by atoms with E-state index >= 15 is 0 Å². The van der Waals surface area contributed by atoms with Crippen LogP contribution in [0.2, 0.25) is 0 Å². The summed E-state index contributed by atoms with van der Waals surface area (Å²) in [5, 5.41) is 10.7. The van der Waals surface area contributed by atoms with Crippen LogP contribution in [-0.2, 0) is 17.6 Å². The number of hydrogen-bond acceptors (Lipinski definition) is 4. The first-order valence-electron chi connectivity index (χ1n) is 8.67. The second kappa shape index (κ2) is 9.20. The molecule has 1 heterocycles. The minimum absolute atomic E-state index is 0.0253. The van der Waals surface area contributed by atoms with Crippen LogP contribution in [0.15, 0.2) is 65.8 Å². The minimum Gasteiger partial charge on any atom is -0.348 e. The summed E-state index contributed by atoms with van der Waals surface area (Å²) >= 11 is 1.34. The summed E-state index contributed by atoms with van der Waals surface area (Å²) in [6.07, 6.45) is 1.55. The molecule has 0 spiro atoms. The average molecular weight is 366 g/mol. The van der Waals surface area contributed by atoms with Crippen molar-refractivity contribution in [2.45, 2.75) is 31.0 Å². The number of thioether (sulfide) groups is 1. The van der Waals surface area contributed by atoms with Gasteiger partial charge in [-0.15, -0.1) is 5.10 Å². The third-order valence-corrected chi connectivity index (χ3v) is 4.85. The molecule has 0 saturated heterocycles. The molecule has 0 aliphatic heterocycles. The van der Waals surface area contributed by atoms with Gasteiger partial charge in [-0.05, 0) is 17.5 Å². The van der Waals surface area contributed by atoms with Crippen molar-refractivity contribution in [3.05, 3.63) is 77.6 Å². The van der Waals surface area contributed by atoms with E-state index < -0.39 is 0 Å². The van der Waals surface area contributed by atoms with Crippen LogP contribution >= 0.6 is 11.8 Å². The van der Waals surface area contributed by atoms with Crippen LogP contribution in [0.3, 0.4) is 0 Å². The van der Waals surface area contributed by atoms with Gasteiger partial charge in [0.2, 0.25) is 11.1 Å². The van der Waals surface area contributed by atoms with Crippen molar-refractivity contribution in [1.82, 2.24) is 20.5 Å². The number of carbonyl (C=O) groups is 1. The summed E-state index contributed by atoms with van der Waals surface area (Å²) in [7, 11) is 0. The Morgan fingerprint density at radius 3 is 2.46 bits per heavy atom. The Labute approximate surface area is 157 Å². The van der Waals surface area contributed by atoms with Crippen molar-refractivity contribution < 1.29 is 4.79 Å². The van der Waals surface area contributed by atoms with Crippen LogP contribution in [0.25, 0.3) is 0 Å². The van der Waals surface area contributed by atoms with E-state index in [0.29, 0.717) is 10.9 Å². The van der Waals surface area contributed by atoms with Crippen LogP contribution in [-0.4, -0.2) is 26.8 Å². The predicted molar refractivity (Wildman–Crippen MR) is 104 cm³/mol. The van der Waals surface area contributed by atoms with Crippen molar-refractivity contribution in [3.8, 4) is 0 Å². The summed E-state index contributed by atoms with van der Waals surface area (Å²) in [5.41, 5.74) is 2.29. The van der Waals surface area contributed by atoms with Crippen molar-refractivity contribution in [2.75, 3.05) is 5.75 Å². The van der Waals surface area contributed by atoms with Crippen molar-refractivity contribution >= 4 is 17.7 Å². The maximum Gasteiger partial charge on any atom is 0.230 e. The lowest BCUT2D eigenvalue weighted by Gasteiger charge is -2.19. The first-order valence-corrected chi connectivity index (χ1v) is 9.65. The molecule has 134 valence electrons. The predicted octanol–water partition coefficient (Wildman–Crippen LogP) is 3.56. The Kier molecular flexibility index (Phi) is 6.44. The van der Waals surface area contributed by atoms with Gasteiger partial charge in [0.1, 0.15) is 5.82 Å². The fourth-order valence-corrected chi connectivity index (χ4v) is 3.28. The topological polar surface area (TPSA) is 70.7 Å². The second-order valence-corrected chi connectivity index (χ2v) is 6.87. The number of nitrogens with one attached hydrogen (secondary N) is 2. The number of aryl methyl sites for hydroxylation is 1. The maximum absolute atomic E-state index is 12.5. The molecular formula is C20H22N4OS. The molecule has 2 aromatic carbocycles. The molecule has 1 unspecified atom stereocenters. The molecule has 3 aromatic rings. The average Bonchev–Trinajstić information content (AvgIpc) is 3.16. The van der Waals surface area contributed by atoms with Gasteiger partial charge in [-0.2, -0.15) is 0 Å². The number of H-pyrrole nitrogens is 1. The molecule has 26 heavy (non-hydrogen) atoms. The van der Waals surface area contributed by atoms with Gasteiger partial charge < -0.3 is 5.32 Å². The number of rotatable bonds is 8. The summed E-state index contributed by atoms with van der Waals surface area (Å²) in [6, 6.07) is 20.2. The minimum atomic E-state index is -0.0648. The van der Waals surface area contributed by atoms with E-state index in [9.17, 15) is 4.79 Å². The van der Waals surface area contributed by atoms with E-state index in [1.54, 1.807) is 0 Å². The van der Waals surface area contributed by atoms with Gasteiger partial charge in [-0.3, -0.25) is 9.89 Å². The Hall–Kier alpha value is -2.60.